The van der Waals surface area contributed by atoms with Crippen LogP contribution in [0.5, 0.6) is 0 Å². The Kier molecular flexibility index (Phi) is 7.25. The predicted octanol–water partition coefficient (Wildman–Crippen LogP) is 9.53. The lowest BCUT2D eigenvalue weighted by Crippen LogP contribution is -2.20. The molecule has 0 atom stereocenters. The molecule has 0 aliphatic heterocycles. The van der Waals surface area contributed by atoms with Gasteiger partial charge in [-0.25, -0.2) is 9.98 Å². The number of allylic oxidation sites excluding steroid dienone is 6. The Hall–Kier alpha value is -7.52. The number of hydrogen-bond acceptors (Lipinski definition) is 8. The van der Waals surface area contributed by atoms with E-state index in [2.05, 4.69) is 65.8 Å². The monoisotopic (exact) mass is 736 g/mol. The van der Waals surface area contributed by atoms with Crippen molar-refractivity contribution in [3.05, 3.63) is 151 Å². The lowest BCUT2D eigenvalue weighted by atomic mass is 9.78. The maximum absolute atomic E-state index is 13.7. The Morgan fingerprint density at radius 2 is 0.825 bits per heavy atom. The van der Waals surface area contributed by atoms with Gasteiger partial charge in [0.05, 0.1) is 11.4 Å². The Balaban J connectivity index is 1.13. The fourth-order valence-corrected chi connectivity index (χ4v) is 9.22. The highest BCUT2D eigenvalue weighted by Crippen LogP contribution is 2.56. The zero-order valence-electron chi connectivity index (χ0n) is 32.1. The highest BCUT2D eigenvalue weighted by atomic mass is 16.1. The summed E-state index contributed by atoms with van der Waals surface area (Å²) in [5, 5.41) is 39.4. The average molecular weight is 737 g/mol. The number of fused-ring (bicyclic) bond motifs is 7. The molecule has 9 rings (SSSR count). The number of Topliss-reactive ketones (excluding diaryl/α,β-unsaturated/α-hetero) is 2. The second-order valence-corrected chi connectivity index (χ2v) is 16.5. The van der Waals surface area contributed by atoms with Gasteiger partial charge in [-0.05, 0) is 92.1 Å². The molecule has 4 aromatic rings. The van der Waals surface area contributed by atoms with E-state index in [1.807, 2.05) is 36.4 Å². The van der Waals surface area contributed by atoms with Gasteiger partial charge < -0.3 is 0 Å². The van der Waals surface area contributed by atoms with E-state index >= 15 is 0 Å². The summed E-state index contributed by atoms with van der Waals surface area (Å²) < 4.78 is 0. The first kappa shape index (κ1) is 35.2. The molecule has 0 radical (unpaired) electrons. The smallest absolute Gasteiger partial charge is 0.212 e. The van der Waals surface area contributed by atoms with Gasteiger partial charge in [0.1, 0.15) is 46.8 Å². The summed E-state index contributed by atoms with van der Waals surface area (Å²) in [6.07, 6.45) is 4.03. The molecule has 0 saturated heterocycles. The molecule has 8 nitrogen and oxygen atoms in total. The van der Waals surface area contributed by atoms with Crippen molar-refractivity contribution < 1.29 is 9.59 Å². The van der Waals surface area contributed by atoms with E-state index < -0.39 is 10.8 Å². The van der Waals surface area contributed by atoms with E-state index in [-0.39, 0.29) is 50.7 Å². The van der Waals surface area contributed by atoms with E-state index in [4.69, 9.17) is 9.98 Å². The van der Waals surface area contributed by atoms with Crippen molar-refractivity contribution in [1.29, 1.82) is 21.0 Å². The molecule has 0 saturated carbocycles. The van der Waals surface area contributed by atoms with Crippen LogP contribution in [-0.4, -0.2) is 23.0 Å². The van der Waals surface area contributed by atoms with Crippen LogP contribution in [0.4, 0.5) is 0 Å². The second kappa shape index (κ2) is 11.7. The minimum Gasteiger partial charge on any atom is -0.287 e. The molecule has 0 heterocycles. The van der Waals surface area contributed by atoms with Gasteiger partial charge in [0.2, 0.25) is 11.6 Å². The average Bonchev–Trinajstić information content (AvgIpc) is 3.87. The van der Waals surface area contributed by atoms with Gasteiger partial charge >= 0.3 is 0 Å². The summed E-state index contributed by atoms with van der Waals surface area (Å²) in [4.78, 5) is 37.4. The van der Waals surface area contributed by atoms with E-state index in [1.165, 1.54) is 0 Å². The van der Waals surface area contributed by atoms with Crippen LogP contribution in [0.3, 0.4) is 0 Å². The van der Waals surface area contributed by atoms with E-state index in [9.17, 15) is 30.6 Å². The van der Waals surface area contributed by atoms with Crippen molar-refractivity contribution in [1.82, 2.24) is 0 Å². The molecule has 0 fully saturated rings. The number of carbonyl (C=O) groups excluding carboxylic acids is 2. The topological polar surface area (TPSA) is 154 Å². The van der Waals surface area contributed by atoms with Crippen LogP contribution in [0, 0.1) is 45.3 Å². The predicted molar refractivity (Wildman–Crippen MR) is 219 cm³/mol. The Bertz CT molecular complexity index is 2820. The maximum atomic E-state index is 13.7. The molecule has 0 spiro atoms. The Labute approximate surface area is 330 Å². The zero-order valence-corrected chi connectivity index (χ0v) is 32.1. The first-order chi connectivity index (χ1) is 27.2. The molecule has 0 aromatic heterocycles. The summed E-state index contributed by atoms with van der Waals surface area (Å²) in [7, 11) is 0. The first-order valence-electron chi connectivity index (χ1n) is 18.6. The number of benzene rings is 4. The summed E-state index contributed by atoms with van der Waals surface area (Å²) in [6, 6.07) is 30.8. The molecule has 4 aromatic carbocycles. The van der Waals surface area contributed by atoms with Gasteiger partial charge in [0.15, 0.2) is 0 Å². The molecule has 0 amide bonds. The van der Waals surface area contributed by atoms with Crippen molar-refractivity contribution in [2.24, 2.45) is 9.98 Å². The third-order valence-electron chi connectivity index (χ3n) is 12.4. The van der Waals surface area contributed by atoms with Gasteiger partial charge in [0.25, 0.3) is 0 Å². The van der Waals surface area contributed by atoms with Crippen molar-refractivity contribution in [2.75, 3.05) is 0 Å². The van der Waals surface area contributed by atoms with E-state index in [1.54, 1.807) is 48.5 Å². The molecule has 5 aliphatic rings. The van der Waals surface area contributed by atoms with Crippen LogP contribution in [0.1, 0.15) is 107 Å². The minimum absolute atomic E-state index is 0.103. The molecule has 5 aliphatic carbocycles. The van der Waals surface area contributed by atoms with Gasteiger partial charge in [-0.3, -0.25) is 9.59 Å². The summed E-state index contributed by atoms with van der Waals surface area (Å²) >= 11 is 0. The fraction of sp³-hybridized carbons (Fsp3) is 0.184. The number of nitrogens with zero attached hydrogens (tertiary/aromatic N) is 6. The van der Waals surface area contributed by atoms with Crippen molar-refractivity contribution in [3.8, 4) is 35.4 Å². The molecule has 8 heteroatoms. The molecular weight excluding hydrogens is 705 g/mol. The van der Waals surface area contributed by atoms with Gasteiger partial charge in [-0.1, -0.05) is 90.1 Å². The fourth-order valence-electron chi connectivity index (χ4n) is 9.22. The minimum atomic E-state index is -0.618. The molecule has 0 N–H and O–H groups in total. The van der Waals surface area contributed by atoms with Gasteiger partial charge in [-0.2, -0.15) is 21.0 Å². The number of rotatable bonds is 2. The molecule has 57 heavy (non-hydrogen) atoms. The van der Waals surface area contributed by atoms with Gasteiger partial charge in [0, 0.05) is 38.5 Å². The number of hydrogen-bond donors (Lipinski definition) is 0. The highest BCUT2D eigenvalue weighted by molar-refractivity contribution is 6.66. The highest BCUT2D eigenvalue weighted by Gasteiger charge is 2.45. The van der Waals surface area contributed by atoms with Crippen LogP contribution in [0.25, 0.3) is 34.4 Å². The van der Waals surface area contributed by atoms with Crippen LogP contribution in [0.2, 0.25) is 0 Å². The molecule has 270 valence electrons. The SMILES string of the molecule is CC1(C)C(N=C2C(=O)c3ccccc3C2=C(C#N)C#N)=Cc2cc3c(cc21)-c1cc2c(cc1C3(C)C)C=C(N=C1C(=O)c3ccccc3C1=C(C#N)C#N)C2(C)C. The van der Waals surface area contributed by atoms with Crippen molar-refractivity contribution >= 4 is 46.3 Å². The quantitative estimate of drug-likeness (QED) is 0.187. The maximum Gasteiger partial charge on any atom is 0.212 e. The van der Waals surface area contributed by atoms with Crippen LogP contribution in [-0.2, 0) is 16.2 Å². The van der Waals surface area contributed by atoms with E-state index in [0.29, 0.717) is 33.6 Å². The Morgan fingerprint density at radius 3 is 1.18 bits per heavy atom. The van der Waals surface area contributed by atoms with Crippen LogP contribution >= 0.6 is 0 Å². The molecule has 0 bridgehead atoms. The van der Waals surface area contributed by atoms with E-state index in [0.717, 1.165) is 44.5 Å². The number of aliphatic imine (C=N–C) groups is 2. The number of nitriles is 4. The first-order valence-corrected chi connectivity index (χ1v) is 18.6. The normalized spacial score (nSPS) is 19.3. The third-order valence-corrected chi connectivity index (χ3v) is 12.4. The number of ketones is 2. The standard InChI is InChI=1S/C49H32N6O2/c1-47(2)37-15-25-17-39(54-43-41(27(21-50)22-51)29-11-7-9-13-31(29)45(43)56)48(3,4)35(25)19-33(37)34-20-36-26(16-38(34)47)18-40(49(36,5)6)55-44-42(28(23-52)24-53)30-12-8-10-14-32(30)46(44)57/h7-20H,1-6H3. The number of carbonyl (C=O) groups is 2. The summed E-state index contributed by atoms with van der Waals surface area (Å²) in [5.41, 5.74) is 10.7. The van der Waals surface area contributed by atoms with Crippen LogP contribution in [0.15, 0.2) is 105 Å². The summed E-state index contributed by atoms with van der Waals surface area (Å²) in [6.45, 7) is 12.7. The largest absolute Gasteiger partial charge is 0.287 e. The summed E-state index contributed by atoms with van der Waals surface area (Å²) in [5.74, 6) is -0.624. The molecule has 0 unspecified atom stereocenters. The molecular formula is C49H32N6O2. The lowest BCUT2D eigenvalue weighted by Gasteiger charge is -2.25. The Morgan fingerprint density at radius 1 is 0.474 bits per heavy atom. The third kappa shape index (κ3) is 4.63. The lowest BCUT2D eigenvalue weighted by molar-refractivity contribution is 0.106. The second-order valence-electron chi connectivity index (χ2n) is 16.5. The van der Waals surface area contributed by atoms with Crippen molar-refractivity contribution in [2.45, 2.75) is 57.8 Å². The van der Waals surface area contributed by atoms with Crippen molar-refractivity contribution in [3.63, 3.8) is 0 Å². The van der Waals surface area contributed by atoms with Gasteiger partial charge in [-0.15, -0.1) is 0 Å². The van der Waals surface area contributed by atoms with Crippen LogP contribution < -0.4 is 0 Å². The zero-order chi connectivity index (χ0) is 40.3.